The van der Waals surface area contributed by atoms with E-state index in [1.54, 1.807) is 30.5 Å². The molecule has 1 amide bonds. The fourth-order valence-electron chi connectivity index (χ4n) is 8.04. The normalized spacial score (nSPS) is 17.4. The minimum absolute atomic E-state index is 0.155. The molecule has 2 aromatic heterocycles. The fraction of sp³-hybridized carbons (Fsp3) is 0.174. The molecule has 0 spiro atoms. The lowest BCUT2D eigenvalue weighted by atomic mass is 9.77. The molecule has 0 saturated heterocycles. The molecule has 0 radical (unpaired) electrons. The molecule has 7 heteroatoms. The van der Waals surface area contributed by atoms with E-state index in [2.05, 4.69) is 87.8 Å². The molecule has 1 aliphatic carbocycles. The largest absolute Gasteiger partial charge is 0.382 e. The molecule has 7 nitrogen and oxygen atoms in total. The minimum Gasteiger partial charge on any atom is -0.382 e. The quantitative estimate of drug-likeness (QED) is 0.117. The lowest BCUT2D eigenvalue weighted by Gasteiger charge is -2.37. The van der Waals surface area contributed by atoms with Crippen molar-refractivity contribution >= 4 is 22.6 Å². The summed E-state index contributed by atoms with van der Waals surface area (Å²) in [6.07, 6.45) is 3.59. The van der Waals surface area contributed by atoms with Crippen LogP contribution in [0.1, 0.15) is 68.8 Å². The zero-order chi connectivity index (χ0) is 36.4. The van der Waals surface area contributed by atoms with E-state index in [1.165, 1.54) is 0 Å². The van der Waals surface area contributed by atoms with E-state index in [-0.39, 0.29) is 24.2 Å². The highest BCUT2D eigenvalue weighted by molar-refractivity contribution is 6.03. The zero-order valence-corrected chi connectivity index (χ0v) is 29.5. The van der Waals surface area contributed by atoms with Crippen LogP contribution >= 0.6 is 0 Å². The maximum absolute atomic E-state index is 14.1. The molecular weight excluding hydrogens is 657 g/mol. The second-order valence-corrected chi connectivity index (χ2v) is 14.0. The molecule has 8 rings (SSSR count). The summed E-state index contributed by atoms with van der Waals surface area (Å²) in [5.74, 6) is -0.569. The number of hydrogen-bond acceptors (Lipinski definition) is 5. The highest BCUT2D eigenvalue weighted by Gasteiger charge is 2.43. The third-order valence-corrected chi connectivity index (χ3v) is 10.5. The molecular formula is C46H40N4O3. The lowest BCUT2D eigenvalue weighted by molar-refractivity contribution is 0.00418. The summed E-state index contributed by atoms with van der Waals surface area (Å²) >= 11 is 0. The molecule has 2 unspecified atom stereocenters. The summed E-state index contributed by atoms with van der Waals surface area (Å²) in [4.78, 5) is 31.9. The summed E-state index contributed by atoms with van der Waals surface area (Å²) in [5.41, 5.74) is 4.97. The number of ketones is 1. The molecule has 2 heterocycles. The number of aromatic nitrogens is 3. The van der Waals surface area contributed by atoms with Crippen LogP contribution in [0.3, 0.4) is 0 Å². The van der Waals surface area contributed by atoms with Crippen LogP contribution in [-0.4, -0.2) is 43.2 Å². The van der Waals surface area contributed by atoms with E-state index in [4.69, 9.17) is 5.10 Å². The maximum atomic E-state index is 14.1. The second kappa shape index (κ2) is 14.1. The number of benzene rings is 5. The van der Waals surface area contributed by atoms with Crippen LogP contribution in [0.4, 0.5) is 0 Å². The van der Waals surface area contributed by atoms with E-state index in [0.29, 0.717) is 30.4 Å². The van der Waals surface area contributed by atoms with Crippen molar-refractivity contribution in [2.24, 2.45) is 0 Å². The third-order valence-electron chi connectivity index (χ3n) is 10.5. The highest BCUT2D eigenvalue weighted by atomic mass is 16.3. The molecule has 1 aliphatic rings. The second-order valence-electron chi connectivity index (χ2n) is 14.0. The van der Waals surface area contributed by atoms with Gasteiger partial charge in [0.25, 0.3) is 5.91 Å². The number of carbonyl (C=O) groups is 2. The lowest BCUT2D eigenvalue weighted by Crippen LogP contribution is -2.50. The highest BCUT2D eigenvalue weighted by Crippen LogP contribution is 2.44. The summed E-state index contributed by atoms with van der Waals surface area (Å²) in [6, 6.07) is 49.4. The van der Waals surface area contributed by atoms with Crippen molar-refractivity contribution in [3.05, 3.63) is 191 Å². The molecule has 7 aromatic rings. The first-order chi connectivity index (χ1) is 25.9. The molecule has 5 aromatic carbocycles. The summed E-state index contributed by atoms with van der Waals surface area (Å²) in [5, 5.41) is 21.0. The number of Topliss-reactive ketones (excluding diaryl/α,β-unsaturated/α-hetero) is 1. The number of fused-ring (bicyclic) bond motifs is 1. The van der Waals surface area contributed by atoms with Crippen molar-refractivity contribution in [1.29, 1.82) is 0 Å². The first kappa shape index (κ1) is 33.9. The minimum atomic E-state index is -1.54. The topological polar surface area (TPSA) is 97.1 Å². The zero-order valence-electron chi connectivity index (χ0n) is 29.5. The molecule has 53 heavy (non-hydrogen) atoms. The van der Waals surface area contributed by atoms with Crippen LogP contribution in [0.15, 0.2) is 158 Å². The number of hydrogen-bond donors (Lipinski definition) is 2. The van der Waals surface area contributed by atoms with E-state index in [0.717, 1.165) is 44.5 Å². The average molecular weight is 697 g/mol. The molecule has 262 valence electrons. The average Bonchev–Trinajstić information content (AvgIpc) is 3.59. The predicted octanol–water partition coefficient (Wildman–Crippen LogP) is 8.53. The smallest absolute Gasteiger partial charge is 0.251 e. The summed E-state index contributed by atoms with van der Waals surface area (Å²) in [7, 11) is 0. The number of pyridine rings is 1. The van der Waals surface area contributed by atoms with Crippen molar-refractivity contribution in [3.63, 3.8) is 0 Å². The molecule has 2 atom stereocenters. The SMILES string of the molecule is Cc1cc(-c2nn(C(c3ccccc3)(c3ccccc3)c3ccccc3)c3ccc(C(=O)NC4CCCC(O)(C(=O)c5ccccc5)C4)cc23)ccn1. The van der Waals surface area contributed by atoms with Crippen LogP contribution in [0.25, 0.3) is 22.2 Å². The van der Waals surface area contributed by atoms with Gasteiger partial charge in [-0.3, -0.25) is 14.6 Å². The van der Waals surface area contributed by atoms with Crippen molar-refractivity contribution in [1.82, 2.24) is 20.1 Å². The Labute approximate surface area is 309 Å². The van der Waals surface area contributed by atoms with Crippen molar-refractivity contribution in [3.8, 4) is 11.3 Å². The molecule has 1 fully saturated rings. The van der Waals surface area contributed by atoms with Gasteiger partial charge in [0.2, 0.25) is 0 Å². The van der Waals surface area contributed by atoms with Gasteiger partial charge in [0, 0.05) is 46.4 Å². The number of amides is 1. The third kappa shape index (κ3) is 6.23. The first-order valence-corrected chi connectivity index (χ1v) is 18.1. The molecule has 0 aliphatic heterocycles. The maximum Gasteiger partial charge on any atom is 0.251 e. The Hall–Kier alpha value is -6.18. The van der Waals surface area contributed by atoms with Crippen LogP contribution in [-0.2, 0) is 5.54 Å². The summed E-state index contributed by atoms with van der Waals surface area (Å²) in [6.45, 7) is 1.96. The number of carbonyl (C=O) groups excluding carboxylic acids is 2. The van der Waals surface area contributed by atoms with Gasteiger partial charge >= 0.3 is 0 Å². The monoisotopic (exact) mass is 696 g/mol. The number of nitrogens with one attached hydrogen (secondary N) is 1. The summed E-state index contributed by atoms with van der Waals surface area (Å²) < 4.78 is 2.10. The van der Waals surface area contributed by atoms with Gasteiger partial charge in [-0.05, 0) is 73.2 Å². The Morgan fingerprint density at radius 3 is 1.92 bits per heavy atom. The van der Waals surface area contributed by atoms with E-state index in [9.17, 15) is 14.7 Å². The van der Waals surface area contributed by atoms with E-state index in [1.807, 2.05) is 61.5 Å². The Balaban J connectivity index is 1.26. The van der Waals surface area contributed by atoms with Gasteiger partial charge in [-0.1, -0.05) is 121 Å². The van der Waals surface area contributed by atoms with Gasteiger partial charge in [-0.2, -0.15) is 5.10 Å². The van der Waals surface area contributed by atoms with Gasteiger partial charge in [-0.15, -0.1) is 0 Å². The van der Waals surface area contributed by atoms with Crippen LogP contribution in [0.2, 0.25) is 0 Å². The van der Waals surface area contributed by atoms with Gasteiger partial charge in [0.05, 0.1) is 5.52 Å². The number of aryl methyl sites for hydroxylation is 1. The Bertz CT molecular complexity index is 2300. The molecule has 1 saturated carbocycles. The van der Waals surface area contributed by atoms with Crippen LogP contribution in [0, 0.1) is 6.92 Å². The van der Waals surface area contributed by atoms with Crippen molar-refractivity contribution in [2.45, 2.75) is 49.8 Å². The van der Waals surface area contributed by atoms with Gasteiger partial charge in [0.1, 0.15) is 16.8 Å². The van der Waals surface area contributed by atoms with Crippen LogP contribution < -0.4 is 5.32 Å². The molecule has 2 N–H and O–H groups in total. The Morgan fingerprint density at radius 2 is 1.34 bits per heavy atom. The number of nitrogens with zero attached hydrogens (tertiary/aromatic N) is 3. The van der Waals surface area contributed by atoms with Gasteiger partial charge in [0.15, 0.2) is 5.78 Å². The number of rotatable bonds is 9. The fourth-order valence-corrected chi connectivity index (χ4v) is 8.04. The van der Waals surface area contributed by atoms with Crippen molar-refractivity contribution < 1.29 is 14.7 Å². The van der Waals surface area contributed by atoms with Crippen molar-refractivity contribution in [2.75, 3.05) is 0 Å². The van der Waals surface area contributed by atoms with E-state index >= 15 is 0 Å². The van der Waals surface area contributed by atoms with Gasteiger partial charge in [-0.25, -0.2) is 4.68 Å². The standard InChI is InChI=1S/C46H40N4O3/c1-32-29-34(26-28-47-32)42-40-30-35(44(52)48-39-23-14-27-45(53,31-39)43(51)33-15-6-2-7-16-33)24-25-41(40)50(49-42)46(36-17-8-3-9-18-36,37-19-10-4-11-20-37)38-21-12-5-13-22-38/h2-13,15-22,24-26,28-30,39,53H,14,23,27,31H2,1H3,(H,48,52). The predicted molar refractivity (Wildman–Crippen MR) is 208 cm³/mol. The molecule has 0 bridgehead atoms. The Kier molecular flexibility index (Phi) is 9.02. The number of aliphatic hydroxyl groups is 1. The van der Waals surface area contributed by atoms with Gasteiger partial charge < -0.3 is 10.4 Å². The first-order valence-electron chi connectivity index (χ1n) is 18.1. The Morgan fingerprint density at radius 1 is 0.755 bits per heavy atom. The van der Waals surface area contributed by atoms with E-state index < -0.39 is 11.1 Å². The van der Waals surface area contributed by atoms with Crippen LogP contribution in [0.5, 0.6) is 0 Å².